The molecule has 0 spiro atoms. The van der Waals surface area contributed by atoms with Gasteiger partial charge < -0.3 is 9.47 Å². The van der Waals surface area contributed by atoms with E-state index >= 15 is 0 Å². The molecule has 2 aliphatic rings. The molecular weight excluding hydrogens is 500 g/mol. The van der Waals surface area contributed by atoms with Crippen LogP contribution in [0.1, 0.15) is 58.1 Å². The van der Waals surface area contributed by atoms with Crippen LogP contribution >= 0.6 is 0 Å². The molecule has 2 aliphatic carbocycles. The Hall–Kier alpha value is -3.19. The maximum Gasteiger partial charge on any atom is 0.327 e. The van der Waals surface area contributed by atoms with Crippen molar-refractivity contribution in [1.82, 2.24) is 0 Å². The largest absolute Gasteiger partial charge is 0.468 e. The van der Waals surface area contributed by atoms with E-state index in [2.05, 4.69) is 46.8 Å². The highest BCUT2D eigenvalue weighted by molar-refractivity contribution is 7.92. The molecule has 6 nitrogen and oxygen atoms in total. The van der Waals surface area contributed by atoms with E-state index in [0.29, 0.717) is 11.1 Å². The van der Waals surface area contributed by atoms with Crippen LogP contribution in [-0.4, -0.2) is 39.8 Å². The number of carbonyl (C=O) groups is 2. The van der Waals surface area contributed by atoms with Gasteiger partial charge in [0.05, 0.1) is 24.4 Å². The molecule has 0 N–H and O–H groups in total. The van der Waals surface area contributed by atoms with E-state index in [1.54, 1.807) is 36.4 Å². The molecule has 2 atom stereocenters. The summed E-state index contributed by atoms with van der Waals surface area (Å²) in [5.74, 6) is -1.99. The van der Waals surface area contributed by atoms with Crippen molar-refractivity contribution in [2.45, 2.75) is 62.5 Å². The first-order valence-corrected chi connectivity index (χ1v) is 14.3. The van der Waals surface area contributed by atoms with E-state index in [4.69, 9.17) is 9.47 Å². The van der Waals surface area contributed by atoms with Crippen molar-refractivity contribution in [2.75, 3.05) is 14.2 Å². The number of hydrogen-bond acceptors (Lipinski definition) is 6. The van der Waals surface area contributed by atoms with Gasteiger partial charge in [-0.1, -0.05) is 89.2 Å². The first-order valence-electron chi connectivity index (χ1n) is 12.7. The van der Waals surface area contributed by atoms with E-state index < -0.39 is 43.3 Å². The summed E-state index contributed by atoms with van der Waals surface area (Å²) in [5, 5.41) is -1.18. The number of sulfone groups is 1. The number of esters is 2. The van der Waals surface area contributed by atoms with Crippen LogP contribution in [0.5, 0.6) is 0 Å². The molecule has 2 aromatic carbocycles. The van der Waals surface area contributed by atoms with Crippen molar-refractivity contribution in [3.63, 3.8) is 0 Å². The normalized spacial score (nSPS) is 22.1. The number of ether oxygens (including phenoxy) is 2. The molecule has 0 heterocycles. The molecule has 0 aromatic heterocycles. The highest BCUT2D eigenvalue weighted by Crippen LogP contribution is 2.56. The molecule has 38 heavy (non-hydrogen) atoms. The Morgan fingerprint density at radius 2 is 1.39 bits per heavy atom. The Bertz CT molecular complexity index is 1410. The lowest BCUT2D eigenvalue weighted by atomic mass is 9.64. The summed E-state index contributed by atoms with van der Waals surface area (Å²) in [6, 6.07) is 16.2. The second-order valence-corrected chi connectivity index (χ2v) is 13.9. The summed E-state index contributed by atoms with van der Waals surface area (Å²) in [6.45, 7) is 10.4. The predicted octanol–water partition coefficient (Wildman–Crippen LogP) is 5.54. The van der Waals surface area contributed by atoms with Gasteiger partial charge in [0.25, 0.3) is 0 Å². The molecule has 0 saturated carbocycles. The molecular formula is C31H36O6S. The maximum atomic E-state index is 14.3. The van der Waals surface area contributed by atoms with Gasteiger partial charge in [0.1, 0.15) is 0 Å². The van der Waals surface area contributed by atoms with Crippen molar-refractivity contribution in [3.05, 3.63) is 89.0 Å². The van der Waals surface area contributed by atoms with Crippen molar-refractivity contribution >= 4 is 21.8 Å². The van der Waals surface area contributed by atoms with Crippen LogP contribution in [0.25, 0.3) is 0 Å². The summed E-state index contributed by atoms with van der Waals surface area (Å²) in [5.41, 5.74) is 0.518. The quantitative estimate of drug-likeness (QED) is 0.377. The fourth-order valence-electron chi connectivity index (χ4n) is 6.11. The van der Waals surface area contributed by atoms with E-state index in [-0.39, 0.29) is 17.2 Å². The number of carbonyl (C=O) groups excluding carboxylic acids is 2. The van der Waals surface area contributed by atoms with Gasteiger partial charge >= 0.3 is 11.9 Å². The van der Waals surface area contributed by atoms with Gasteiger partial charge in [-0.05, 0) is 46.2 Å². The number of methoxy groups -OCH3 is 2. The van der Waals surface area contributed by atoms with Crippen molar-refractivity contribution < 1.29 is 27.5 Å². The summed E-state index contributed by atoms with van der Waals surface area (Å²) in [7, 11) is -1.64. The third kappa shape index (κ3) is 4.41. The number of rotatable bonds is 4. The summed E-state index contributed by atoms with van der Waals surface area (Å²) < 4.78 is 38.9. The van der Waals surface area contributed by atoms with Gasteiger partial charge in [-0.3, -0.25) is 9.59 Å². The number of hydrogen-bond donors (Lipinski definition) is 0. The fourth-order valence-corrected chi connectivity index (χ4v) is 7.99. The SMILES string of the molecule is COC(=O)C1(C(=O)OC)C=C2C(=CC(C)(C)c3ccccc3[C@@H]2C(C)(C)C)[C@H](S(=O)(=O)c2ccccc2)C1. The zero-order valence-electron chi connectivity index (χ0n) is 23.1. The Kier molecular flexibility index (Phi) is 6.98. The lowest BCUT2D eigenvalue weighted by Gasteiger charge is -2.42. The average Bonchev–Trinajstić information content (AvgIpc) is 2.98. The molecule has 0 aliphatic heterocycles. The van der Waals surface area contributed by atoms with Gasteiger partial charge in [0.15, 0.2) is 15.3 Å². The standard InChI is InChI=1S/C31H36O6S/c1-29(2,3)26-21-15-11-12-16-24(21)30(4,5)17-22-23(26)18-31(27(32)36-6,28(33)37-7)19-25(22)38(34,35)20-13-9-8-10-14-20/h8-18,25-26H,19H2,1-7H3/t25-,26+/m1/s1. The van der Waals surface area contributed by atoms with E-state index in [9.17, 15) is 18.0 Å². The summed E-state index contributed by atoms with van der Waals surface area (Å²) >= 11 is 0. The van der Waals surface area contributed by atoms with Crippen LogP contribution in [0.3, 0.4) is 0 Å². The summed E-state index contributed by atoms with van der Waals surface area (Å²) in [6.07, 6.45) is 3.32. The molecule has 4 rings (SSSR count). The highest BCUT2D eigenvalue weighted by Gasteiger charge is 2.57. The Morgan fingerprint density at radius 3 is 1.95 bits per heavy atom. The molecule has 0 unspecified atom stereocenters. The second-order valence-electron chi connectivity index (χ2n) is 11.8. The minimum absolute atomic E-state index is 0.127. The average molecular weight is 537 g/mol. The Morgan fingerprint density at radius 1 is 0.842 bits per heavy atom. The van der Waals surface area contributed by atoms with E-state index in [1.165, 1.54) is 14.2 Å². The molecule has 0 bridgehead atoms. The summed E-state index contributed by atoms with van der Waals surface area (Å²) in [4.78, 5) is 26.9. The smallest absolute Gasteiger partial charge is 0.327 e. The molecule has 0 saturated heterocycles. The van der Waals surface area contributed by atoms with E-state index in [1.807, 2.05) is 18.2 Å². The molecule has 7 heteroatoms. The number of fused-ring (bicyclic) bond motifs is 2. The number of allylic oxidation sites excluding steroid dienone is 2. The van der Waals surface area contributed by atoms with Gasteiger partial charge in [0.2, 0.25) is 0 Å². The lowest BCUT2D eigenvalue weighted by Crippen LogP contribution is -2.48. The predicted molar refractivity (Wildman–Crippen MR) is 146 cm³/mol. The third-order valence-corrected chi connectivity index (χ3v) is 9.89. The number of benzene rings is 2. The van der Waals surface area contributed by atoms with Crippen molar-refractivity contribution in [2.24, 2.45) is 10.8 Å². The van der Waals surface area contributed by atoms with Crippen LogP contribution in [0.4, 0.5) is 0 Å². The topological polar surface area (TPSA) is 86.7 Å². The zero-order valence-corrected chi connectivity index (χ0v) is 23.9. The second kappa shape index (κ2) is 9.53. The molecule has 2 aromatic rings. The van der Waals surface area contributed by atoms with Crippen LogP contribution in [0, 0.1) is 10.8 Å². The van der Waals surface area contributed by atoms with Gasteiger partial charge in [-0.25, -0.2) is 8.42 Å². The molecule has 0 fully saturated rings. The first kappa shape index (κ1) is 27.8. The minimum atomic E-state index is -4.03. The van der Waals surface area contributed by atoms with Crippen LogP contribution in [0.2, 0.25) is 0 Å². The Labute approximate surface area is 225 Å². The fraction of sp³-hybridized carbons (Fsp3) is 0.419. The maximum absolute atomic E-state index is 14.3. The highest BCUT2D eigenvalue weighted by atomic mass is 32.2. The minimum Gasteiger partial charge on any atom is -0.468 e. The molecule has 202 valence electrons. The van der Waals surface area contributed by atoms with Gasteiger partial charge in [-0.15, -0.1) is 0 Å². The van der Waals surface area contributed by atoms with Gasteiger partial charge in [-0.2, -0.15) is 0 Å². The van der Waals surface area contributed by atoms with E-state index in [0.717, 1.165) is 11.1 Å². The van der Waals surface area contributed by atoms with Gasteiger partial charge in [0, 0.05) is 11.3 Å². The van der Waals surface area contributed by atoms with Crippen LogP contribution in [-0.2, 0) is 34.3 Å². The third-order valence-electron chi connectivity index (χ3n) is 7.79. The van der Waals surface area contributed by atoms with Crippen molar-refractivity contribution in [1.29, 1.82) is 0 Å². The Balaban J connectivity index is 2.16. The lowest BCUT2D eigenvalue weighted by molar-refractivity contribution is -0.165. The van der Waals surface area contributed by atoms with Crippen LogP contribution < -0.4 is 0 Å². The monoisotopic (exact) mass is 536 g/mol. The molecule has 0 amide bonds. The van der Waals surface area contributed by atoms with Crippen LogP contribution in [0.15, 0.2) is 82.8 Å². The first-order chi connectivity index (χ1) is 17.7. The zero-order chi connectivity index (χ0) is 28.1. The molecule has 0 radical (unpaired) electrons. The van der Waals surface area contributed by atoms with Crippen molar-refractivity contribution in [3.8, 4) is 0 Å².